The number of anilines is 3. The monoisotopic (exact) mass is 393 g/mol. The highest BCUT2D eigenvalue weighted by Gasteiger charge is 2.08. The van der Waals surface area contributed by atoms with E-state index in [1.165, 1.54) is 16.5 Å². The normalized spacial score (nSPS) is 11.1. The van der Waals surface area contributed by atoms with Gasteiger partial charge in [0.25, 0.3) is 0 Å². The second-order valence-electron chi connectivity index (χ2n) is 7.19. The Morgan fingerprint density at radius 3 is 1.97 bits per heavy atom. The molecule has 0 aliphatic carbocycles. The molecule has 4 aromatic carbocycles. The van der Waals surface area contributed by atoms with Crippen LogP contribution >= 0.6 is 0 Å². The first-order chi connectivity index (χ1) is 14.8. The number of rotatable bonds is 7. The zero-order chi connectivity index (χ0) is 20.8. The molecule has 3 heteroatoms. The Hall–Kier alpha value is -3.59. The molecule has 0 amide bonds. The standard InChI is InChI=1S/C27H27N3/c1-3-29(4-2)25-17-14-22(15-18-25)21-28-30(26-12-6-5-7-13-26)27-19-16-23-10-8-9-11-24(23)20-27/h5-21H,3-4H2,1-2H3/b28-21+. The van der Waals surface area contributed by atoms with Gasteiger partial charge < -0.3 is 4.90 Å². The van der Waals surface area contributed by atoms with Gasteiger partial charge in [0, 0.05) is 18.8 Å². The van der Waals surface area contributed by atoms with Crippen LogP contribution in [0, 0.1) is 0 Å². The van der Waals surface area contributed by atoms with Crippen LogP contribution in [0.4, 0.5) is 17.1 Å². The number of hydrogen-bond donors (Lipinski definition) is 0. The van der Waals surface area contributed by atoms with Gasteiger partial charge in [0.2, 0.25) is 0 Å². The van der Waals surface area contributed by atoms with E-state index in [1.54, 1.807) is 0 Å². The van der Waals surface area contributed by atoms with Crippen molar-refractivity contribution in [2.75, 3.05) is 23.0 Å². The summed E-state index contributed by atoms with van der Waals surface area (Å²) in [7, 11) is 0. The maximum atomic E-state index is 4.85. The molecule has 0 aliphatic heterocycles. The van der Waals surface area contributed by atoms with E-state index in [2.05, 4.69) is 97.6 Å². The van der Waals surface area contributed by atoms with E-state index >= 15 is 0 Å². The molecular formula is C27H27N3. The van der Waals surface area contributed by atoms with E-state index in [4.69, 9.17) is 5.10 Å². The van der Waals surface area contributed by atoms with Gasteiger partial charge in [0.1, 0.15) is 0 Å². The van der Waals surface area contributed by atoms with Crippen LogP contribution in [0.2, 0.25) is 0 Å². The maximum Gasteiger partial charge on any atom is 0.0659 e. The quantitative estimate of drug-likeness (QED) is 0.252. The second-order valence-corrected chi connectivity index (χ2v) is 7.19. The van der Waals surface area contributed by atoms with Gasteiger partial charge in [0.05, 0.1) is 17.6 Å². The van der Waals surface area contributed by atoms with Crippen molar-refractivity contribution in [3.05, 3.63) is 103 Å². The number of nitrogens with zero attached hydrogens (tertiary/aromatic N) is 3. The summed E-state index contributed by atoms with van der Waals surface area (Å²) in [5.41, 5.74) is 4.39. The van der Waals surface area contributed by atoms with Gasteiger partial charge in [-0.3, -0.25) is 0 Å². The third-order valence-corrected chi connectivity index (χ3v) is 5.32. The number of benzene rings is 4. The fraction of sp³-hybridized carbons (Fsp3) is 0.148. The number of para-hydroxylation sites is 1. The first kappa shape index (κ1) is 19.7. The van der Waals surface area contributed by atoms with Crippen LogP contribution in [-0.2, 0) is 0 Å². The minimum Gasteiger partial charge on any atom is -0.372 e. The van der Waals surface area contributed by atoms with Crippen molar-refractivity contribution < 1.29 is 0 Å². The first-order valence-corrected chi connectivity index (χ1v) is 10.5. The van der Waals surface area contributed by atoms with Gasteiger partial charge in [0.15, 0.2) is 0 Å². The third kappa shape index (κ3) is 4.36. The minimum atomic E-state index is 1.01. The number of fused-ring (bicyclic) bond motifs is 1. The van der Waals surface area contributed by atoms with Gasteiger partial charge in [-0.2, -0.15) is 5.10 Å². The van der Waals surface area contributed by atoms with Crippen molar-refractivity contribution in [1.29, 1.82) is 0 Å². The largest absolute Gasteiger partial charge is 0.372 e. The predicted molar refractivity (Wildman–Crippen MR) is 130 cm³/mol. The Bertz CT molecular complexity index is 1110. The van der Waals surface area contributed by atoms with Crippen LogP contribution in [-0.4, -0.2) is 19.3 Å². The van der Waals surface area contributed by atoms with Gasteiger partial charge in [-0.1, -0.05) is 60.7 Å². The highest BCUT2D eigenvalue weighted by Crippen LogP contribution is 2.29. The Balaban J connectivity index is 1.66. The maximum absolute atomic E-state index is 4.85. The van der Waals surface area contributed by atoms with E-state index in [9.17, 15) is 0 Å². The zero-order valence-electron chi connectivity index (χ0n) is 17.6. The van der Waals surface area contributed by atoms with Crippen LogP contribution in [0.5, 0.6) is 0 Å². The van der Waals surface area contributed by atoms with Crippen molar-refractivity contribution in [1.82, 2.24) is 0 Å². The van der Waals surface area contributed by atoms with Gasteiger partial charge in [-0.25, -0.2) is 5.01 Å². The Kier molecular flexibility index (Phi) is 6.09. The average molecular weight is 394 g/mol. The van der Waals surface area contributed by atoms with Crippen LogP contribution in [0.3, 0.4) is 0 Å². The molecule has 4 aromatic rings. The van der Waals surface area contributed by atoms with Crippen molar-refractivity contribution >= 4 is 34.0 Å². The molecule has 3 nitrogen and oxygen atoms in total. The van der Waals surface area contributed by atoms with Crippen LogP contribution in [0.1, 0.15) is 19.4 Å². The molecule has 0 aromatic heterocycles. The Morgan fingerprint density at radius 1 is 0.633 bits per heavy atom. The topological polar surface area (TPSA) is 18.8 Å². The van der Waals surface area contributed by atoms with E-state index in [1.807, 2.05) is 29.4 Å². The highest BCUT2D eigenvalue weighted by molar-refractivity contribution is 5.88. The van der Waals surface area contributed by atoms with Crippen molar-refractivity contribution in [2.24, 2.45) is 5.10 Å². The summed E-state index contributed by atoms with van der Waals surface area (Å²) in [6.45, 7) is 6.38. The average Bonchev–Trinajstić information content (AvgIpc) is 2.81. The summed E-state index contributed by atoms with van der Waals surface area (Å²) in [6, 6.07) is 33.7. The SMILES string of the molecule is CCN(CC)c1ccc(/C=N/N(c2ccccc2)c2ccc3ccccc3c2)cc1. The lowest BCUT2D eigenvalue weighted by Crippen LogP contribution is -2.21. The molecule has 150 valence electrons. The molecule has 30 heavy (non-hydrogen) atoms. The Labute approximate surface area is 178 Å². The molecule has 0 radical (unpaired) electrons. The lowest BCUT2D eigenvalue weighted by Gasteiger charge is -2.21. The fourth-order valence-corrected chi connectivity index (χ4v) is 3.64. The van der Waals surface area contributed by atoms with Gasteiger partial charge in [-0.15, -0.1) is 0 Å². The molecular weight excluding hydrogens is 366 g/mol. The molecule has 0 saturated carbocycles. The summed E-state index contributed by atoms with van der Waals surface area (Å²) in [5.74, 6) is 0. The molecule has 0 atom stereocenters. The van der Waals surface area contributed by atoms with Crippen LogP contribution in [0.25, 0.3) is 10.8 Å². The second kappa shape index (κ2) is 9.27. The first-order valence-electron chi connectivity index (χ1n) is 10.5. The number of hydrogen-bond acceptors (Lipinski definition) is 3. The third-order valence-electron chi connectivity index (χ3n) is 5.32. The van der Waals surface area contributed by atoms with Gasteiger partial charge in [-0.05, 0) is 66.6 Å². The summed E-state index contributed by atoms with van der Waals surface area (Å²) in [5, 5.41) is 9.27. The lowest BCUT2D eigenvalue weighted by atomic mass is 10.1. The summed E-state index contributed by atoms with van der Waals surface area (Å²) in [6.07, 6.45) is 1.92. The molecule has 0 N–H and O–H groups in total. The van der Waals surface area contributed by atoms with Crippen LogP contribution in [0.15, 0.2) is 102 Å². The van der Waals surface area contributed by atoms with Crippen molar-refractivity contribution in [2.45, 2.75) is 13.8 Å². The smallest absolute Gasteiger partial charge is 0.0659 e. The minimum absolute atomic E-state index is 1.01. The van der Waals surface area contributed by atoms with Crippen molar-refractivity contribution in [3.63, 3.8) is 0 Å². The summed E-state index contributed by atoms with van der Waals surface area (Å²) < 4.78 is 0. The van der Waals surface area contributed by atoms with E-state index in [0.29, 0.717) is 0 Å². The molecule has 0 spiro atoms. The summed E-state index contributed by atoms with van der Waals surface area (Å²) in [4.78, 5) is 2.34. The molecule has 0 fully saturated rings. The fourth-order valence-electron chi connectivity index (χ4n) is 3.64. The van der Waals surface area contributed by atoms with Gasteiger partial charge >= 0.3 is 0 Å². The van der Waals surface area contributed by atoms with E-state index < -0.39 is 0 Å². The lowest BCUT2D eigenvalue weighted by molar-refractivity contribution is 0.866. The Morgan fingerprint density at radius 2 is 1.27 bits per heavy atom. The van der Waals surface area contributed by atoms with Crippen LogP contribution < -0.4 is 9.91 Å². The highest BCUT2D eigenvalue weighted by atomic mass is 15.5. The zero-order valence-corrected chi connectivity index (χ0v) is 17.6. The molecule has 0 unspecified atom stereocenters. The molecule has 0 heterocycles. The predicted octanol–water partition coefficient (Wildman–Crippen LogP) is 6.86. The summed E-state index contributed by atoms with van der Waals surface area (Å²) >= 11 is 0. The molecule has 4 rings (SSSR count). The van der Waals surface area contributed by atoms with E-state index in [0.717, 1.165) is 30.0 Å². The molecule has 0 bridgehead atoms. The number of hydrazone groups is 1. The molecule has 0 saturated heterocycles. The molecule has 0 aliphatic rings. The van der Waals surface area contributed by atoms with E-state index in [-0.39, 0.29) is 0 Å². The van der Waals surface area contributed by atoms with Crippen molar-refractivity contribution in [3.8, 4) is 0 Å².